The van der Waals surface area contributed by atoms with E-state index in [2.05, 4.69) is 34.6 Å². The molecule has 9 nitrogen and oxygen atoms in total. The Balaban J connectivity index is 1.38. The fraction of sp³-hybridized carbons (Fsp3) is 0.417. The Bertz CT molecular complexity index is 1240. The van der Waals surface area contributed by atoms with E-state index in [1.54, 1.807) is 22.8 Å². The van der Waals surface area contributed by atoms with Gasteiger partial charge in [-0.25, -0.2) is 0 Å². The van der Waals surface area contributed by atoms with Gasteiger partial charge in [0.1, 0.15) is 5.76 Å². The van der Waals surface area contributed by atoms with Gasteiger partial charge in [-0.2, -0.15) is 0 Å². The van der Waals surface area contributed by atoms with Gasteiger partial charge in [0.2, 0.25) is 5.91 Å². The van der Waals surface area contributed by atoms with Crippen LogP contribution in [0.3, 0.4) is 0 Å². The number of hydrogen-bond donors (Lipinski definition) is 3. The Hall–Kier alpha value is -3.24. The van der Waals surface area contributed by atoms with Crippen molar-refractivity contribution >= 4 is 34.9 Å². The Morgan fingerprint density at radius 1 is 1.06 bits per heavy atom. The van der Waals surface area contributed by atoms with Gasteiger partial charge in [-0.15, -0.1) is 0 Å². The molecule has 34 heavy (non-hydrogen) atoms. The number of carbonyl (C=O) groups excluding carboxylic acids is 2. The lowest BCUT2D eigenvalue weighted by atomic mass is 10.2. The lowest BCUT2D eigenvalue weighted by molar-refractivity contribution is -0.122. The van der Waals surface area contributed by atoms with E-state index in [-0.39, 0.29) is 23.6 Å². The van der Waals surface area contributed by atoms with Crippen LogP contribution in [-0.2, 0) is 17.9 Å². The SMILES string of the molecule is CCN(CC)Cc1ccc(C(=O)NNC(=O)CCCCCn2c(=S)[nH]c3ccccc3c2=O)o1. The van der Waals surface area contributed by atoms with Crippen molar-refractivity contribution in [3.8, 4) is 0 Å². The Morgan fingerprint density at radius 2 is 1.82 bits per heavy atom. The van der Waals surface area contributed by atoms with Gasteiger partial charge in [-0.1, -0.05) is 32.4 Å². The lowest BCUT2D eigenvalue weighted by Gasteiger charge is -2.15. The third-order valence-electron chi connectivity index (χ3n) is 5.65. The summed E-state index contributed by atoms with van der Waals surface area (Å²) in [4.78, 5) is 42.1. The number of nitrogens with one attached hydrogen (secondary N) is 3. The lowest BCUT2D eigenvalue weighted by Crippen LogP contribution is -2.41. The molecule has 2 amide bonds. The smallest absolute Gasteiger partial charge is 0.305 e. The minimum Gasteiger partial charge on any atom is -0.454 e. The largest absolute Gasteiger partial charge is 0.454 e. The van der Waals surface area contributed by atoms with Gasteiger partial charge in [-0.05, 0) is 62.4 Å². The van der Waals surface area contributed by atoms with Crippen LogP contribution in [0.25, 0.3) is 10.9 Å². The van der Waals surface area contributed by atoms with E-state index >= 15 is 0 Å². The molecule has 0 spiro atoms. The summed E-state index contributed by atoms with van der Waals surface area (Å²) in [6, 6.07) is 10.6. The van der Waals surface area contributed by atoms with Crippen LogP contribution >= 0.6 is 12.2 Å². The van der Waals surface area contributed by atoms with E-state index in [0.717, 1.165) is 25.0 Å². The number of rotatable bonds is 11. The minimum atomic E-state index is -0.496. The number of hydrazine groups is 1. The molecular formula is C24H31N5O4S. The van der Waals surface area contributed by atoms with Gasteiger partial charge in [-0.3, -0.25) is 34.7 Å². The molecule has 0 atom stereocenters. The molecule has 0 aliphatic carbocycles. The van der Waals surface area contributed by atoms with Crippen LogP contribution in [0.5, 0.6) is 0 Å². The second-order valence-electron chi connectivity index (χ2n) is 7.97. The van der Waals surface area contributed by atoms with Crippen molar-refractivity contribution in [1.82, 2.24) is 25.3 Å². The zero-order valence-corrected chi connectivity index (χ0v) is 20.4. The van der Waals surface area contributed by atoms with Crippen LogP contribution in [0.2, 0.25) is 0 Å². The van der Waals surface area contributed by atoms with Gasteiger partial charge < -0.3 is 9.40 Å². The number of H-pyrrole nitrogens is 1. The highest BCUT2D eigenvalue weighted by Gasteiger charge is 2.13. The summed E-state index contributed by atoms with van der Waals surface area (Å²) in [5, 5.41) is 0.600. The van der Waals surface area contributed by atoms with Crippen LogP contribution < -0.4 is 16.4 Å². The molecular weight excluding hydrogens is 454 g/mol. The zero-order valence-electron chi connectivity index (χ0n) is 19.6. The number of carbonyl (C=O) groups is 2. The minimum absolute atomic E-state index is 0.113. The summed E-state index contributed by atoms with van der Waals surface area (Å²) < 4.78 is 7.51. The first-order valence-electron chi connectivity index (χ1n) is 11.5. The summed E-state index contributed by atoms with van der Waals surface area (Å²) in [5.41, 5.74) is 5.41. The summed E-state index contributed by atoms with van der Waals surface area (Å²) in [6.45, 7) is 7.01. The van der Waals surface area contributed by atoms with Crippen LogP contribution in [0.15, 0.2) is 45.6 Å². The van der Waals surface area contributed by atoms with Crippen molar-refractivity contribution < 1.29 is 14.0 Å². The van der Waals surface area contributed by atoms with Gasteiger partial charge in [0.15, 0.2) is 10.5 Å². The molecule has 0 aliphatic rings. The van der Waals surface area contributed by atoms with Crippen molar-refractivity contribution in [3.63, 3.8) is 0 Å². The number of benzene rings is 1. The van der Waals surface area contributed by atoms with E-state index < -0.39 is 5.91 Å². The first-order chi connectivity index (χ1) is 16.4. The number of furan rings is 1. The van der Waals surface area contributed by atoms with Crippen LogP contribution in [0.1, 0.15) is 55.8 Å². The van der Waals surface area contributed by atoms with Gasteiger partial charge in [0, 0.05) is 13.0 Å². The number of fused-ring (bicyclic) bond motifs is 1. The summed E-state index contributed by atoms with van der Waals surface area (Å²) in [6.07, 6.45) is 2.32. The molecule has 3 aromatic rings. The molecule has 0 aliphatic heterocycles. The van der Waals surface area contributed by atoms with E-state index in [9.17, 15) is 14.4 Å². The molecule has 3 N–H and O–H groups in total. The maximum Gasteiger partial charge on any atom is 0.305 e. The highest BCUT2D eigenvalue weighted by atomic mass is 32.1. The fourth-order valence-corrected chi connectivity index (χ4v) is 3.92. The molecule has 0 radical (unpaired) electrons. The fourth-order valence-electron chi connectivity index (χ4n) is 3.64. The topological polar surface area (TPSA) is 112 Å². The normalized spacial score (nSPS) is 11.1. The second-order valence-corrected chi connectivity index (χ2v) is 8.36. The number of aromatic amines is 1. The van der Waals surface area contributed by atoms with E-state index in [0.29, 0.717) is 41.8 Å². The number of hydrogen-bond acceptors (Lipinski definition) is 6. The van der Waals surface area contributed by atoms with Crippen molar-refractivity contribution in [2.75, 3.05) is 13.1 Å². The monoisotopic (exact) mass is 485 g/mol. The Kier molecular flexibility index (Phi) is 9.17. The summed E-state index contributed by atoms with van der Waals surface area (Å²) >= 11 is 5.31. The molecule has 182 valence electrons. The first-order valence-corrected chi connectivity index (χ1v) is 12.0. The number of unbranched alkanes of at least 4 members (excludes halogenated alkanes) is 2. The zero-order chi connectivity index (χ0) is 24.5. The van der Waals surface area contributed by atoms with E-state index in [4.69, 9.17) is 16.6 Å². The predicted molar refractivity (Wildman–Crippen MR) is 133 cm³/mol. The quantitative estimate of drug-likeness (QED) is 0.218. The average Bonchev–Trinajstić information content (AvgIpc) is 3.31. The first kappa shape index (κ1) is 25.4. The number of aromatic nitrogens is 2. The second kappa shape index (κ2) is 12.3. The highest BCUT2D eigenvalue weighted by molar-refractivity contribution is 7.71. The summed E-state index contributed by atoms with van der Waals surface area (Å²) in [5.74, 6) is 0.0674. The van der Waals surface area contributed by atoms with Crippen LogP contribution in [-0.4, -0.2) is 39.4 Å². The molecule has 2 heterocycles. The third kappa shape index (κ3) is 6.64. The molecule has 10 heteroatoms. The van der Waals surface area contributed by atoms with E-state index in [1.807, 2.05) is 18.2 Å². The molecule has 0 saturated heterocycles. The Labute approximate surface area is 203 Å². The molecule has 2 aromatic heterocycles. The van der Waals surface area contributed by atoms with Crippen LogP contribution in [0, 0.1) is 4.77 Å². The molecule has 0 saturated carbocycles. The van der Waals surface area contributed by atoms with Crippen molar-refractivity contribution in [1.29, 1.82) is 0 Å². The maximum atomic E-state index is 12.6. The molecule has 0 unspecified atom stereocenters. The predicted octanol–water partition coefficient (Wildman–Crippen LogP) is 3.52. The molecule has 0 bridgehead atoms. The molecule has 1 aromatic carbocycles. The van der Waals surface area contributed by atoms with Crippen molar-refractivity contribution in [2.45, 2.75) is 52.6 Å². The summed E-state index contributed by atoms with van der Waals surface area (Å²) in [7, 11) is 0. The van der Waals surface area contributed by atoms with Gasteiger partial charge in [0.25, 0.3) is 5.56 Å². The third-order valence-corrected chi connectivity index (χ3v) is 5.97. The molecule has 3 rings (SSSR count). The van der Waals surface area contributed by atoms with Gasteiger partial charge >= 0.3 is 5.91 Å². The maximum absolute atomic E-state index is 12.6. The van der Waals surface area contributed by atoms with Crippen molar-refractivity contribution in [2.24, 2.45) is 0 Å². The number of para-hydroxylation sites is 1. The van der Waals surface area contributed by atoms with E-state index in [1.165, 1.54) is 0 Å². The Morgan fingerprint density at radius 3 is 2.59 bits per heavy atom. The number of nitrogens with zero attached hydrogens (tertiary/aromatic N) is 2. The van der Waals surface area contributed by atoms with Crippen LogP contribution in [0.4, 0.5) is 0 Å². The average molecular weight is 486 g/mol. The van der Waals surface area contributed by atoms with Crippen molar-refractivity contribution in [3.05, 3.63) is 63.0 Å². The molecule has 0 fully saturated rings. The standard InChI is InChI=1S/C24H31N5O4S/c1-3-28(4-2)16-17-13-14-20(33-17)22(31)27-26-21(30)12-6-5-9-15-29-23(32)18-10-7-8-11-19(18)25-24(29)34/h7-8,10-11,13-14H,3-6,9,12,15-16H2,1-2H3,(H,25,34)(H,26,30)(H,27,31). The van der Waals surface area contributed by atoms with Gasteiger partial charge in [0.05, 0.1) is 17.4 Å². The number of amides is 2. The highest BCUT2D eigenvalue weighted by Crippen LogP contribution is 2.11.